The number of hydrogen-bond acceptors (Lipinski definition) is 3. The number of aliphatic hydroxyl groups excluding tert-OH is 1. The summed E-state index contributed by atoms with van der Waals surface area (Å²) in [5.41, 5.74) is 2.79. The molecule has 1 atom stereocenters. The van der Waals surface area contributed by atoms with E-state index in [2.05, 4.69) is 35.2 Å². The van der Waals surface area contributed by atoms with Crippen molar-refractivity contribution in [1.29, 1.82) is 5.26 Å². The highest BCUT2D eigenvalue weighted by Crippen LogP contribution is 2.33. The maximum atomic E-state index is 8.97. The topological polar surface area (TPSA) is 47.3 Å². The van der Waals surface area contributed by atoms with E-state index in [4.69, 9.17) is 10.4 Å². The van der Waals surface area contributed by atoms with Crippen molar-refractivity contribution in [2.24, 2.45) is 0 Å². The van der Waals surface area contributed by atoms with Crippen LogP contribution in [0.25, 0.3) is 0 Å². The van der Waals surface area contributed by atoms with Crippen LogP contribution in [0.15, 0.2) is 24.3 Å². The Morgan fingerprint density at radius 2 is 2.22 bits per heavy atom. The molecule has 2 rings (SSSR count). The first-order valence-corrected chi connectivity index (χ1v) is 6.66. The highest BCUT2D eigenvalue weighted by molar-refractivity contribution is 5.32. The van der Waals surface area contributed by atoms with Gasteiger partial charge >= 0.3 is 0 Å². The molecule has 0 aliphatic heterocycles. The second kappa shape index (κ2) is 6.53. The number of nitriles is 1. The molecule has 0 amide bonds. The number of hydrogen-bond donors (Lipinski definition) is 1. The Bertz CT molecular complexity index is 425. The van der Waals surface area contributed by atoms with Gasteiger partial charge in [0.15, 0.2) is 0 Å². The van der Waals surface area contributed by atoms with E-state index in [1.165, 1.54) is 17.5 Å². The number of fused-ring (bicyclic) bond motifs is 1. The molecule has 0 fully saturated rings. The SMILES string of the molecule is N#CCN(CCCO)C1CCCc2ccccc21. The van der Waals surface area contributed by atoms with Crippen LogP contribution in [0.3, 0.4) is 0 Å². The summed E-state index contributed by atoms with van der Waals surface area (Å²) >= 11 is 0. The second-order valence-corrected chi connectivity index (χ2v) is 4.81. The molecule has 0 spiro atoms. The van der Waals surface area contributed by atoms with Gasteiger partial charge in [0.1, 0.15) is 0 Å². The van der Waals surface area contributed by atoms with Gasteiger partial charge in [0.25, 0.3) is 0 Å². The molecule has 18 heavy (non-hydrogen) atoms. The molecule has 3 heteroatoms. The summed E-state index contributed by atoms with van der Waals surface area (Å²) in [7, 11) is 0. The van der Waals surface area contributed by atoms with E-state index in [1.54, 1.807) is 0 Å². The van der Waals surface area contributed by atoms with Crippen molar-refractivity contribution in [3.05, 3.63) is 35.4 Å². The van der Waals surface area contributed by atoms with Gasteiger partial charge < -0.3 is 5.11 Å². The van der Waals surface area contributed by atoms with Crippen LogP contribution in [0.4, 0.5) is 0 Å². The molecule has 0 saturated heterocycles. The standard InChI is InChI=1S/C15H20N2O/c16-9-11-17(10-4-12-18)15-8-3-6-13-5-1-2-7-14(13)15/h1-2,5,7,15,18H,3-4,6,8,10-12H2. The number of benzene rings is 1. The van der Waals surface area contributed by atoms with E-state index in [-0.39, 0.29) is 6.61 Å². The maximum absolute atomic E-state index is 8.97. The summed E-state index contributed by atoms with van der Waals surface area (Å²) in [6.07, 6.45) is 4.18. The van der Waals surface area contributed by atoms with Crippen molar-refractivity contribution >= 4 is 0 Å². The average molecular weight is 244 g/mol. The van der Waals surface area contributed by atoms with Crippen LogP contribution in [0, 0.1) is 11.3 Å². The van der Waals surface area contributed by atoms with Gasteiger partial charge in [-0.2, -0.15) is 5.26 Å². The first-order chi connectivity index (χ1) is 8.86. The molecule has 0 saturated carbocycles. The summed E-state index contributed by atoms with van der Waals surface area (Å²) in [5, 5.41) is 17.9. The molecule has 1 aromatic carbocycles. The van der Waals surface area contributed by atoms with Crippen molar-refractivity contribution < 1.29 is 5.11 Å². The van der Waals surface area contributed by atoms with Gasteiger partial charge in [0.05, 0.1) is 12.6 Å². The fourth-order valence-electron chi connectivity index (χ4n) is 2.82. The molecule has 1 N–H and O–H groups in total. The molecule has 0 radical (unpaired) electrons. The van der Waals surface area contributed by atoms with Gasteiger partial charge in [-0.05, 0) is 36.8 Å². The van der Waals surface area contributed by atoms with E-state index in [0.29, 0.717) is 12.6 Å². The van der Waals surface area contributed by atoms with Crippen molar-refractivity contribution in [1.82, 2.24) is 4.90 Å². The molecule has 3 nitrogen and oxygen atoms in total. The number of nitrogens with zero attached hydrogens (tertiary/aromatic N) is 2. The molecule has 1 unspecified atom stereocenters. The van der Waals surface area contributed by atoms with Crippen molar-refractivity contribution in [2.45, 2.75) is 31.7 Å². The monoisotopic (exact) mass is 244 g/mol. The van der Waals surface area contributed by atoms with Crippen LogP contribution < -0.4 is 0 Å². The van der Waals surface area contributed by atoms with Crippen LogP contribution in [0.1, 0.15) is 36.4 Å². The van der Waals surface area contributed by atoms with E-state index < -0.39 is 0 Å². The van der Waals surface area contributed by atoms with Crippen LogP contribution >= 0.6 is 0 Å². The van der Waals surface area contributed by atoms with Crippen LogP contribution in [-0.2, 0) is 6.42 Å². The minimum Gasteiger partial charge on any atom is -0.396 e. The fraction of sp³-hybridized carbons (Fsp3) is 0.533. The molecule has 0 aromatic heterocycles. The molecule has 1 aromatic rings. The maximum Gasteiger partial charge on any atom is 0.0871 e. The van der Waals surface area contributed by atoms with Gasteiger partial charge in [0.2, 0.25) is 0 Å². The minimum absolute atomic E-state index is 0.191. The quantitative estimate of drug-likeness (QED) is 0.808. The summed E-state index contributed by atoms with van der Waals surface area (Å²) in [6.45, 7) is 1.43. The number of aryl methyl sites for hydroxylation is 1. The molecular weight excluding hydrogens is 224 g/mol. The Hall–Kier alpha value is -1.37. The van der Waals surface area contributed by atoms with Crippen molar-refractivity contribution in [3.63, 3.8) is 0 Å². The first-order valence-electron chi connectivity index (χ1n) is 6.66. The van der Waals surface area contributed by atoms with Gasteiger partial charge in [-0.25, -0.2) is 0 Å². The number of rotatable bonds is 5. The van der Waals surface area contributed by atoms with E-state index in [1.807, 2.05) is 0 Å². The van der Waals surface area contributed by atoms with Crippen LogP contribution in [0.2, 0.25) is 0 Å². The zero-order valence-corrected chi connectivity index (χ0v) is 10.7. The van der Waals surface area contributed by atoms with Crippen LogP contribution in [0.5, 0.6) is 0 Å². The summed E-state index contributed by atoms with van der Waals surface area (Å²) < 4.78 is 0. The Morgan fingerprint density at radius 3 is 3.00 bits per heavy atom. The molecule has 0 heterocycles. The Balaban J connectivity index is 2.18. The zero-order valence-electron chi connectivity index (χ0n) is 10.7. The molecule has 1 aliphatic rings. The van der Waals surface area contributed by atoms with Crippen molar-refractivity contribution in [2.75, 3.05) is 19.7 Å². The lowest BCUT2D eigenvalue weighted by atomic mass is 9.86. The van der Waals surface area contributed by atoms with Crippen LogP contribution in [-0.4, -0.2) is 29.7 Å². The third-order valence-electron chi connectivity index (χ3n) is 3.66. The predicted octanol–water partition coefficient (Wildman–Crippen LogP) is 2.27. The highest BCUT2D eigenvalue weighted by Gasteiger charge is 2.24. The fourth-order valence-corrected chi connectivity index (χ4v) is 2.82. The third kappa shape index (κ3) is 2.90. The minimum atomic E-state index is 0.191. The lowest BCUT2D eigenvalue weighted by molar-refractivity contribution is 0.177. The smallest absolute Gasteiger partial charge is 0.0871 e. The second-order valence-electron chi connectivity index (χ2n) is 4.81. The van der Waals surface area contributed by atoms with Crippen molar-refractivity contribution in [3.8, 4) is 6.07 Å². The Morgan fingerprint density at radius 1 is 1.39 bits per heavy atom. The first kappa shape index (κ1) is 13.1. The van der Waals surface area contributed by atoms with E-state index >= 15 is 0 Å². The normalized spacial score (nSPS) is 18.4. The zero-order chi connectivity index (χ0) is 12.8. The largest absolute Gasteiger partial charge is 0.396 e. The lowest BCUT2D eigenvalue weighted by Gasteiger charge is -2.34. The van der Waals surface area contributed by atoms with E-state index in [0.717, 1.165) is 25.8 Å². The van der Waals surface area contributed by atoms with Gasteiger partial charge in [-0.3, -0.25) is 4.90 Å². The summed E-state index contributed by atoms with van der Waals surface area (Å²) in [4.78, 5) is 2.20. The molecule has 0 bridgehead atoms. The summed E-state index contributed by atoms with van der Waals surface area (Å²) in [5.74, 6) is 0. The summed E-state index contributed by atoms with van der Waals surface area (Å²) in [6, 6.07) is 11.1. The predicted molar refractivity (Wildman–Crippen MR) is 71.0 cm³/mol. The lowest BCUT2D eigenvalue weighted by Crippen LogP contribution is -2.33. The average Bonchev–Trinajstić information content (AvgIpc) is 2.43. The third-order valence-corrected chi connectivity index (χ3v) is 3.66. The molecule has 1 aliphatic carbocycles. The number of aliphatic hydroxyl groups is 1. The van der Waals surface area contributed by atoms with Gasteiger partial charge in [-0.1, -0.05) is 24.3 Å². The molecule has 96 valence electrons. The van der Waals surface area contributed by atoms with E-state index in [9.17, 15) is 0 Å². The molecular formula is C15H20N2O. The Kier molecular flexibility index (Phi) is 4.74. The highest BCUT2D eigenvalue weighted by atomic mass is 16.3. The van der Waals surface area contributed by atoms with Gasteiger partial charge in [0, 0.05) is 19.2 Å². The van der Waals surface area contributed by atoms with Gasteiger partial charge in [-0.15, -0.1) is 0 Å². The Labute approximate surface area is 109 Å².